The molecule has 4 rings (SSSR count). The molecule has 0 unspecified atom stereocenters. The van der Waals surface area contributed by atoms with E-state index in [0.717, 1.165) is 42.6 Å². The van der Waals surface area contributed by atoms with Gasteiger partial charge in [-0.25, -0.2) is 0 Å². The number of halogens is 1. The molecule has 3 heterocycles. The molecule has 0 spiro atoms. The first kappa shape index (κ1) is 20.0. The quantitative estimate of drug-likeness (QED) is 0.638. The fraction of sp³-hybridized carbons (Fsp3) is 0.350. The van der Waals surface area contributed by atoms with E-state index < -0.39 is 0 Å². The second kappa shape index (κ2) is 9.04. The number of ether oxygens (including phenoxy) is 1. The summed E-state index contributed by atoms with van der Waals surface area (Å²) in [5.41, 5.74) is 1.60. The summed E-state index contributed by atoms with van der Waals surface area (Å²) in [7, 11) is 0. The lowest BCUT2D eigenvalue weighted by Gasteiger charge is -2.25. The fourth-order valence-electron chi connectivity index (χ4n) is 3.14. The first-order chi connectivity index (χ1) is 14.1. The number of aryl methyl sites for hydroxylation is 1. The van der Waals surface area contributed by atoms with Gasteiger partial charge in [0.1, 0.15) is 16.5 Å². The molecule has 0 radical (unpaired) electrons. The van der Waals surface area contributed by atoms with Crippen LogP contribution in [0.5, 0.6) is 0 Å². The summed E-state index contributed by atoms with van der Waals surface area (Å²) in [6.07, 6.45) is 0.638. The molecule has 1 aliphatic heterocycles. The standard InChI is InChI=1S/C20H21ClN4O3S/c1-13-17(11-16(28-13)12-25-6-8-27-9-7-25)19(26)22-20-24-23-18(29-20)10-14-2-4-15(21)5-3-14/h2-5,11H,6-10,12H2,1H3,(H,22,24,26). The number of anilines is 1. The topological polar surface area (TPSA) is 80.5 Å². The molecule has 7 nitrogen and oxygen atoms in total. The van der Waals surface area contributed by atoms with Crippen LogP contribution in [0.25, 0.3) is 0 Å². The van der Waals surface area contributed by atoms with Gasteiger partial charge in [0.15, 0.2) is 0 Å². The maximum Gasteiger partial charge on any atom is 0.261 e. The second-order valence-electron chi connectivity index (χ2n) is 6.83. The zero-order chi connectivity index (χ0) is 20.2. The van der Waals surface area contributed by atoms with E-state index in [-0.39, 0.29) is 5.91 Å². The van der Waals surface area contributed by atoms with Crippen LogP contribution in [-0.4, -0.2) is 47.3 Å². The summed E-state index contributed by atoms with van der Waals surface area (Å²) < 4.78 is 11.1. The van der Waals surface area contributed by atoms with Crippen molar-refractivity contribution < 1.29 is 13.9 Å². The number of furan rings is 1. The Morgan fingerprint density at radius 3 is 2.76 bits per heavy atom. The zero-order valence-electron chi connectivity index (χ0n) is 16.0. The lowest BCUT2D eigenvalue weighted by atomic mass is 10.2. The van der Waals surface area contributed by atoms with Crippen LogP contribution in [0.3, 0.4) is 0 Å². The van der Waals surface area contributed by atoms with Gasteiger partial charge >= 0.3 is 0 Å². The van der Waals surface area contributed by atoms with E-state index in [0.29, 0.717) is 34.4 Å². The largest absolute Gasteiger partial charge is 0.464 e. The summed E-state index contributed by atoms with van der Waals surface area (Å²) in [4.78, 5) is 14.9. The van der Waals surface area contributed by atoms with Crippen LogP contribution in [0, 0.1) is 6.92 Å². The number of carbonyl (C=O) groups is 1. The number of nitrogens with zero attached hydrogens (tertiary/aromatic N) is 3. The van der Waals surface area contributed by atoms with E-state index in [1.165, 1.54) is 11.3 Å². The summed E-state index contributed by atoms with van der Waals surface area (Å²) in [5.74, 6) is 1.13. The van der Waals surface area contributed by atoms with Crippen molar-refractivity contribution >= 4 is 34.0 Å². The fourth-order valence-corrected chi connectivity index (χ4v) is 4.04. The van der Waals surface area contributed by atoms with Crippen molar-refractivity contribution in [3.05, 3.63) is 63.0 Å². The summed E-state index contributed by atoms with van der Waals surface area (Å²) in [6.45, 7) is 5.64. The molecule has 9 heteroatoms. The molecule has 0 atom stereocenters. The minimum absolute atomic E-state index is 0.242. The van der Waals surface area contributed by atoms with E-state index in [2.05, 4.69) is 20.4 Å². The number of benzene rings is 1. The predicted octanol–water partition coefficient (Wildman–Crippen LogP) is 3.77. The van der Waals surface area contributed by atoms with Crippen molar-refractivity contribution in [2.75, 3.05) is 31.6 Å². The Bertz CT molecular complexity index is 980. The summed E-state index contributed by atoms with van der Waals surface area (Å²) in [6, 6.07) is 9.39. The van der Waals surface area contributed by atoms with Crippen LogP contribution >= 0.6 is 22.9 Å². The third-order valence-electron chi connectivity index (χ3n) is 4.65. The van der Waals surface area contributed by atoms with E-state index in [9.17, 15) is 4.79 Å². The number of hydrogen-bond donors (Lipinski definition) is 1. The molecule has 1 aromatic carbocycles. The normalized spacial score (nSPS) is 14.8. The van der Waals surface area contributed by atoms with Crippen LogP contribution in [0.15, 0.2) is 34.7 Å². The molecule has 3 aromatic rings. The van der Waals surface area contributed by atoms with Gasteiger partial charge in [-0.05, 0) is 30.7 Å². The first-order valence-corrected chi connectivity index (χ1v) is 10.5. The van der Waals surface area contributed by atoms with Crippen LogP contribution < -0.4 is 5.32 Å². The molecular formula is C20H21ClN4O3S. The molecule has 152 valence electrons. The van der Waals surface area contributed by atoms with Crippen LogP contribution in [0.4, 0.5) is 5.13 Å². The number of rotatable bonds is 6. The minimum Gasteiger partial charge on any atom is -0.464 e. The van der Waals surface area contributed by atoms with Gasteiger partial charge in [0.05, 0.1) is 25.3 Å². The Hall–Kier alpha value is -2.26. The Balaban J connectivity index is 1.38. The number of carbonyl (C=O) groups excluding carboxylic acids is 1. The van der Waals surface area contributed by atoms with Gasteiger partial charge in [-0.15, -0.1) is 10.2 Å². The highest BCUT2D eigenvalue weighted by Gasteiger charge is 2.19. The number of hydrogen-bond acceptors (Lipinski definition) is 7. The van der Waals surface area contributed by atoms with Gasteiger partial charge in [0.25, 0.3) is 5.91 Å². The lowest BCUT2D eigenvalue weighted by molar-refractivity contribution is 0.0312. The molecule has 29 heavy (non-hydrogen) atoms. The van der Waals surface area contributed by atoms with Crippen LogP contribution in [0.1, 0.15) is 32.4 Å². The summed E-state index contributed by atoms with van der Waals surface area (Å²) in [5, 5.41) is 13.1. The van der Waals surface area contributed by atoms with Gasteiger partial charge < -0.3 is 9.15 Å². The average Bonchev–Trinajstić information content (AvgIpc) is 3.30. The molecule has 2 aromatic heterocycles. The van der Waals surface area contributed by atoms with E-state index in [1.54, 1.807) is 13.0 Å². The smallest absolute Gasteiger partial charge is 0.261 e. The molecule has 0 saturated carbocycles. The highest BCUT2D eigenvalue weighted by atomic mass is 35.5. The number of nitrogens with one attached hydrogen (secondary N) is 1. The van der Waals surface area contributed by atoms with Gasteiger partial charge in [0, 0.05) is 24.5 Å². The van der Waals surface area contributed by atoms with Crippen LogP contribution in [-0.2, 0) is 17.7 Å². The first-order valence-electron chi connectivity index (χ1n) is 9.34. The molecule has 0 bridgehead atoms. The highest BCUT2D eigenvalue weighted by Crippen LogP contribution is 2.22. The maximum atomic E-state index is 12.7. The Labute approximate surface area is 177 Å². The SMILES string of the molecule is Cc1oc(CN2CCOCC2)cc1C(=O)Nc1nnc(Cc2ccc(Cl)cc2)s1. The molecule has 0 aliphatic carbocycles. The van der Waals surface area contributed by atoms with Gasteiger partial charge in [0.2, 0.25) is 5.13 Å². The number of amides is 1. The zero-order valence-corrected chi connectivity index (χ0v) is 17.6. The Morgan fingerprint density at radius 1 is 1.24 bits per heavy atom. The maximum absolute atomic E-state index is 12.7. The van der Waals surface area contributed by atoms with Gasteiger partial charge in [-0.1, -0.05) is 35.1 Å². The van der Waals surface area contributed by atoms with Crippen molar-refractivity contribution in [2.24, 2.45) is 0 Å². The van der Waals surface area contributed by atoms with E-state index in [1.807, 2.05) is 24.3 Å². The third kappa shape index (κ3) is 5.22. The van der Waals surface area contributed by atoms with Crippen LogP contribution in [0.2, 0.25) is 5.02 Å². The van der Waals surface area contributed by atoms with E-state index in [4.69, 9.17) is 20.8 Å². The molecule has 1 amide bonds. The Kier molecular flexibility index (Phi) is 6.25. The average molecular weight is 433 g/mol. The third-order valence-corrected chi connectivity index (χ3v) is 5.74. The molecule has 1 saturated heterocycles. The Morgan fingerprint density at radius 2 is 2.00 bits per heavy atom. The highest BCUT2D eigenvalue weighted by molar-refractivity contribution is 7.15. The van der Waals surface area contributed by atoms with Crippen molar-refractivity contribution in [2.45, 2.75) is 19.9 Å². The minimum atomic E-state index is -0.242. The molecule has 1 N–H and O–H groups in total. The second-order valence-corrected chi connectivity index (χ2v) is 8.33. The predicted molar refractivity (Wildman–Crippen MR) is 112 cm³/mol. The lowest BCUT2D eigenvalue weighted by Crippen LogP contribution is -2.35. The van der Waals surface area contributed by atoms with Crippen molar-refractivity contribution in [3.8, 4) is 0 Å². The molecular weight excluding hydrogens is 412 g/mol. The van der Waals surface area contributed by atoms with Gasteiger partial charge in [-0.2, -0.15) is 0 Å². The van der Waals surface area contributed by atoms with Crippen molar-refractivity contribution in [3.63, 3.8) is 0 Å². The van der Waals surface area contributed by atoms with E-state index >= 15 is 0 Å². The number of morpholine rings is 1. The number of aromatic nitrogens is 2. The molecule has 1 fully saturated rings. The monoisotopic (exact) mass is 432 g/mol. The summed E-state index contributed by atoms with van der Waals surface area (Å²) >= 11 is 7.27. The van der Waals surface area contributed by atoms with Gasteiger partial charge in [-0.3, -0.25) is 15.0 Å². The van der Waals surface area contributed by atoms with Crippen molar-refractivity contribution in [1.82, 2.24) is 15.1 Å². The molecule has 1 aliphatic rings. The van der Waals surface area contributed by atoms with Crippen molar-refractivity contribution in [1.29, 1.82) is 0 Å².